The average molecular weight is 406 g/mol. The number of hydrogen-bond acceptors (Lipinski definition) is 6. The Bertz CT molecular complexity index is 1030. The first kappa shape index (κ1) is 20.2. The van der Waals surface area contributed by atoms with Crippen molar-refractivity contribution in [1.29, 1.82) is 0 Å². The van der Waals surface area contributed by atoms with Crippen molar-refractivity contribution in [1.82, 2.24) is 4.98 Å². The second-order valence-electron chi connectivity index (χ2n) is 6.52. The summed E-state index contributed by atoms with van der Waals surface area (Å²) < 4.78 is 51.1. The molecule has 0 bridgehead atoms. The van der Waals surface area contributed by atoms with Crippen LogP contribution in [0.5, 0.6) is 17.2 Å². The number of benzene rings is 2. The number of fused-ring (bicyclic) bond motifs is 1. The molecule has 9 heteroatoms. The molecule has 0 aliphatic carbocycles. The fourth-order valence-electron chi connectivity index (χ4n) is 2.82. The number of carbonyl (C=O) groups is 1. The Kier molecular flexibility index (Phi) is 5.23. The molecule has 3 rings (SSSR count). The SMILES string of the molecule is CC(C)(OC(=O)[O-])c1ccnc2ccc(Oc3ccc(OC(F)(F)F)cc3)cc12. The molecule has 29 heavy (non-hydrogen) atoms. The van der Waals surface area contributed by atoms with Gasteiger partial charge in [-0.1, -0.05) is 0 Å². The van der Waals surface area contributed by atoms with Crippen LogP contribution in [0.15, 0.2) is 54.7 Å². The van der Waals surface area contributed by atoms with Crippen LogP contribution >= 0.6 is 0 Å². The van der Waals surface area contributed by atoms with Crippen LogP contribution in [0.2, 0.25) is 0 Å². The number of aromatic nitrogens is 1. The highest BCUT2D eigenvalue weighted by atomic mass is 19.4. The third-order valence-electron chi connectivity index (χ3n) is 3.99. The predicted octanol–water partition coefficient (Wildman–Crippen LogP) is 4.52. The molecule has 2 aromatic carbocycles. The summed E-state index contributed by atoms with van der Waals surface area (Å²) in [4.78, 5) is 15.1. The third kappa shape index (κ3) is 5.07. The van der Waals surface area contributed by atoms with Crippen LogP contribution in [0.4, 0.5) is 18.0 Å². The van der Waals surface area contributed by atoms with Crippen LogP contribution in [0.25, 0.3) is 10.9 Å². The van der Waals surface area contributed by atoms with Gasteiger partial charge in [0.1, 0.15) is 17.2 Å². The molecular weight excluding hydrogens is 391 g/mol. The van der Waals surface area contributed by atoms with Crippen molar-refractivity contribution in [2.24, 2.45) is 0 Å². The summed E-state index contributed by atoms with van der Waals surface area (Å²) in [7, 11) is 0. The van der Waals surface area contributed by atoms with Crippen molar-refractivity contribution in [2.45, 2.75) is 25.8 Å². The molecule has 1 heterocycles. The molecular formula is C20H15F3NO5-. The Labute approximate surface area is 163 Å². The van der Waals surface area contributed by atoms with Crippen molar-refractivity contribution < 1.29 is 37.3 Å². The van der Waals surface area contributed by atoms with Gasteiger partial charge in [0, 0.05) is 11.6 Å². The van der Waals surface area contributed by atoms with Gasteiger partial charge in [-0.25, -0.2) is 0 Å². The molecule has 0 saturated heterocycles. The van der Waals surface area contributed by atoms with E-state index < -0.39 is 18.1 Å². The van der Waals surface area contributed by atoms with Crippen molar-refractivity contribution >= 4 is 17.1 Å². The molecule has 0 fully saturated rings. The van der Waals surface area contributed by atoms with Crippen LogP contribution in [-0.4, -0.2) is 17.5 Å². The Hall–Kier alpha value is -3.49. The fourth-order valence-corrected chi connectivity index (χ4v) is 2.82. The quantitative estimate of drug-likeness (QED) is 0.580. The van der Waals surface area contributed by atoms with Crippen molar-refractivity contribution in [2.75, 3.05) is 0 Å². The largest absolute Gasteiger partial charge is 0.573 e. The zero-order chi connectivity index (χ0) is 21.2. The van der Waals surface area contributed by atoms with Gasteiger partial charge >= 0.3 is 6.36 Å². The molecule has 0 amide bonds. The summed E-state index contributed by atoms with van der Waals surface area (Å²) in [5, 5.41) is 11.5. The number of rotatable bonds is 5. The lowest BCUT2D eigenvalue weighted by Gasteiger charge is -2.31. The molecule has 152 valence electrons. The summed E-state index contributed by atoms with van der Waals surface area (Å²) in [6, 6.07) is 11.5. The summed E-state index contributed by atoms with van der Waals surface area (Å²) in [6.45, 7) is 3.15. The first-order valence-electron chi connectivity index (χ1n) is 8.36. The van der Waals surface area contributed by atoms with E-state index in [9.17, 15) is 23.1 Å². The molecule has 0 atom stereocenters. The maximum Gasteiger partial charge on any atom is 0.573 e. The minimum Gasteiger partial charge on any atom is -0.539 e. The molecule has 0 aliphatic heterocycles. The Morgan fingerprint density at radius 2 is 1.59 bits per heavy atom. The average Bonchev–Trinajstić information content (AvgIpc) is 2.60. The van der Waals surface area contributed by atoms with Crippen LogP contribution in [0, 0.1) is 0 Å². The molecule has 1 aromatic heterocycles. The van der Waals surface area contributed by atoms with E-state index in [-0.39, 0.29) is 11.5 Å². The van der Waals surface area contributed by atoms with E-state index in [2.05, 4.69) is 9.72 Å². The van der Waals surface area contributed by atoms with Gasteiger partial charge in [-0.2, -0.15) is 0 Å². The summed E-state index contributed by atoms with van der Waals surface area (Å²) >= 11 is 0. The van der Waals surface area contributed by atoms with E-state index in [1.807, 2.05) is 0 Å². The number of hydrogen-bond donors (Lipinski definition) is 0. The highest BCUT2D eigenvalue weighted by Crippen LogP contribution is 2.34. The Balaban J connectivity index is 1.89. The van der Waals surface area contributed by atoms with Gasteiger partial charge in [0.05, 0.1) is 11.1 Å². The normalized spacial score (nSPS) is 11.9. The summed E-state index contributed by atoms with van der Waals surface area (Å²) in [6.07, 6.45) is -4.91. The first-order valence-corrected chi connectivity index (χ1v) is 8.36. The number of halogens is 3. The van der Waals surface area contributed by atoms with Crippen molar-refractivity contribution in [3.63, 3.8) is 0 Å². The predicted molar refractivity (Wildman–Crippen MR) is 94.4 cm³/mol. The molecule has 0 N–H and O–H groups in total. The first-order chi connectivity index (χ1) is 13.5. The number of ether oxygens (including phenoxy) is 3. The van der Waals surface area contributed by atoms with Crippen molar-refractivity contribution in [3.8, 4) is 17.2 Å². The topological polar surface area (TPSA) is 80.7 Å². The third-order valence-corrected chi connectivity index (χ3v) is 3.99. The molecule has 0 spiro atoms. The van der Waals surface area contributed by atoms with E-state index >= 15 is 0 Å². The maximum absolute atomic E-state index is 12.2. The minimum atomic E-state index is -4.77. The maximum atomic E-state index is 12.2. The molecule has 0 radical (unpaired) electrons. The standard InChI is InChI=1S/C20H16F3NO5/c1-19(2,29-18(25)26)16-9-10-24-17-8-7-14(11-15(16)17)27-12-3-5-13(6-4-12)28-20(21,22)23/h3-11H,1-2H3,(H,25,26)/p-1. The Morgan fingerprint density at radius 3 is 2.21 bits per heavy atom. The van der Waals surface area contributed by atoms with Crippen LogP contribution < -0.4 is 14.6 Å². The van der Waals surface area contributed by atoms with Gasteiger partial charge in [0.2, 0.25) is 0 Å². The summed E-state index contributed by atoms with van der Waals surface area (Å²) in [5.74, 6) is 0.297. The molecule has 0 unspecified atom stereocenters. The van der Waals surface area contributed by atoms with E-state index in [1.54, 1.807) is 38.1 Å². The lowest BCUT2D eigenvalue weighted by molar-refractivity contribution is -0.294. The molecule has 0 aliphatic rings. The zero-order valence-electron chi connectivity index (χ0n) is 15.3. The van der Waals surface area contributed by atoms with Crippen LogP contribution in [-0.2, 0) is 10.3 Å². The highest BCUT2D eigenvalue weighted by molar-refractivity contribution is 5.84. The van der Waals surface area contributed by atoms with E-state index in [1.165, 1.54) is 18.3 Å². The van der Waals surface area contributed by atoms with Crippen molar-refractivity contribution in [3.05, 3.63) is 60.3 Å². The van der Waals surface area contributed by atoms with Crippen LogP contribution in [0.1, 0.15) is 19.4 Å². The molecule has 0 saturated carbocycles. The van der Waals surface area contributed by atoms with Gasteiger partial charge in [0.25, 0.3) is 6.16 Å². The number of alkyl halides is 3. The van der Waals surface area contributed by atoms with Crippen LogP contribution in [0.3, 0.4) is 0 Å². The minimum absolute atomic E-state index is 0.287. The lowest BCUT2D eigenvalue weighted by atomic mass is 9.94. The fraction of sp³-hybridized carbons (Fsp3) is 0.200. The highest BCUT2D eigenvalue weighted by Gasteiger charge is 2.31. The van der Waals surface area contributed by atoms with Gasteiger partial charge in [-0.3, -0.25) is 4.98 Å². The number of carboxylic acid groups (broad SMARTS) is 1. The zero-order valence-corrected chi connectivity index (χ0v) is 15.3. The second-order valence-corrected chi connectivity index (χ2v) is 6.52. The smallest absolute Gasteiger partial charge is 0.539 e. The number of nitrogens with zero attached hydrogens (tertiary/aromatic N) is 1. The number of carbonyl (C=O) groups excluding carboxylic acids is 1. The second kappa shape index (κ2) is 7.50. The van der Waals surface area contributed by atoms with Gasteiger partial charge in [-0.05, 0) is 67.9 Å². The van der Waals surface area contributed by atoms with E-state index in [0.29, 0.717) is 22.2 Å². The van der Waals surface area contributed by atoms with Gasteiger partial charge < -0.3 is 24.1 Å². The van der Waals surface area contributed by atoms with Gasteiger partial charge in [0.15, 0.2) is 0 Å². The lowest BCUT2D eigenvalue weighted by Crippen LogP contribution is -2.33. The monoisotopic (exact) mass is 406 g/mol. The molecule has 3 aromatic rings. The Morgan fingerprint density at radius 1 is 0.966 bits per heavy atom. The van der Waals surface area contributed by atoms with E-state index in [4.69, 9.17) is 9.47 Å². The molecule has 6 nitrogen and oxygen atoms in total. The van der Waals surface area contributed by atoms with Gasteiger partial charge in [-0.15, -0.1) is 13.2 Å². The number of pyridine rings is 1. The summed E-state index contributed by atoms with van der Waals surface area (Å²) in [5.41, 5.74) is -0.0697. The van der Waals surface area contributed by atoms with E-state index in [0.717, 1.165) is 12.1 Å².